The summed E-state index contributed by atoms with van der Waals surface area (Å²) in [7, 11) is -3.39. The van der Waals surface area contributed by atoms with E-state index in [0.29, 0.717) is 10.6 Å². The Balaban J connectivity index is 2.49. The molecule has 1 fully saturated rings. The number of rotatable bonds is 4. The van der Waals surface area contributed by atoms with Gasteiger partial charge in [0.25, 0.3) is 0 Å². The van der Waals surface area contributed by atoms with E-state index in [0.717, 1.165) is 0 Å². The van der Waals surface area contributed by atoms with Crippen molar-refractivity contribution in [1.82, 2.24) is 0 Å². The molecular formula is C13H14ClNO3S. The molecule has 1 aromatic carbocycles. The summed E-state index contributed by atoms with van der Waals surface area (Å²) in [6.07, 6.45) is 0. The van der Waals surface area contributed by atoms with Crippen LogP contribution in [0.1, 0.15) is 18.4 Å². The van der Waals surface area contributed by atoms with E-state index < -0.39 is 33.0 Å². The normalized spacial score (nSPS) is 29.8. The second kappa shape index (κ2) is 4.78. The molecule has 1 aromatic rings. The average Bonchev–Trinajstić information content (AvgIpc) is 3.09. The van der Waals surface area contributed by atoms with Gasteiger partial charge < -0.3 is 5.11 Å². The van der Waals surface area contributed by atoms with Crippen LogP contribution in [0.3, 0.4) is 0 Å². The first-order valence-electron chi connectivity index (χ1n) is 5.92. The Morgan fingerprint density at radius 2 is 2.21 bits per heavy atom. The van der Waals surface area contributed by atoms with Crippen LogP contribution in [-0.2, 0) is 9.84 Å². The maximum absolute atomic E-state index is 12.1. The zero-order chi connectivity index (χ0) is 14.3. The molecule has 4 nitrogen and oxygen atoms in total. The predicted octanol–water partition coefficient (Wildman–Crippen LogP) is 1.74. The standard InChI is InChI=1S/C13H14ClNO3S/c1-2-19(17,18)12-11(13(12,7-15)8-16)9-4-3-5-10(14)6-9/h3-6,11-12,16H,2,8H2,1H3/t11-,12-,13+/m1/s1. The van der Waals surface area contributed by atoms with Crippen LogP contribution in [0.2, 0.25) is 5.02 Å². The fraction of sp³-hybridized carbons (Fsp3) is 0.462. The van der Waals surface area contributed by atoms with Crippen molar-refractivity contribution in [3.8, 4) is 6.07 Å². The molecule has 3 atom stereocenters. The van der Waals surface area contributed by atoms with Crippen LogP contribution in [0.25, 0.3) is 0 Å². The fourth-order valence-corrected chi connectivity index (χ4v) is 4.85. The highest BCUT2D eigenvalue weighted by Crippen LogP contribution is 2.62. The number of benzene rings is 1. The summed E-state index contributed by atoms with van der Waals surface area (Å²) in [5.74, 6) is -0.552. The fourth-order valence-electron chi connectivity index (χ4n) is 2.64. The molecule has 1 aliphatic rings. The van der Waals surface area contributed by atoms with Gasteiger partial charge in [-0.2, -0.15) is 5.26 Å². The van der Waals surface area contributed by atoms with E-state index in [9.17, 15) is 18.8 Å². The van der Waals surface area contributed by atoms with E-state index in [1.54, 1.807) is 31.2 Å². The number of hydrogen-bond donors (Lipinski definition) is 1. The summed E-state index contributed by atoms with van der Waals surface area (Å²) in [5.41, 5.74) is -0.551. The minimum Gasteiger partial charge on any atom is -0.395 e. The molecule has 0 amide bonds. The molecule has 19 heavy (non-hydrogen) atoms. The molecule has 1 saturated carbocycles. The van der Waals surface area contributed by atoms with Gasteiger partial charge in [-0.05, 0) is 17.7 Å². The Morgan fingerprint density at radius 3 is 2.68 bits per heavy atom. The number of aliphatic hydroxyl groups is 1. The summed E-state index contributed by atoms with van der Waals surface area (Å²) >= 11 is 5.90. The molecule has 0 aliphatic heterocycles. The largest absolute Gasteiger partial charge is 0.395 e. The van der Waals surface area contributed by atoms with Crippen LogP contribution in [0, 0.1) is 16.7 Å². The number of nitrogens with zero attached hydrogens (tertiary/aromatic N) is 1. The van der Waals surface area contributed by atoms with Gasteiger partial charge in [0, 0.05) is 16.7 Å². The number of halogens is 1. The van der Waals surface area contributed by atoms with Gasteiger partial charge >= 0.3 is 0 Å². The quantitative estimate of drug-likeness (QED) is 0.918. The van der Waals surface area contributed by atoms with Crippen LogP contribution < -0.4 is 0 Å². The SMILES string of the molecule is CCS(=O)(=O)[C@@H]1[C@@H](c2cccc(Cl)c2)[C@]1(C#N)CO. The minimum atomic E-state index is -3.39. The lowest BCUT2D eigenvalue weighted by Crippen LogP contribution is -2.19. The zero-order valence-electron chi connectivity index (χ0n) is 10.4. The van der Waals surface area contributed by atoms with E-state index in [4.69, 9.17) is 11.6 Å². The van der Waals surface area contributed by atoms with Gasteiger partial charge in [-0.1, -0.05) is 30.7 Å². The van der Waals surface area contributed by atoms with E-state index >= 15 is 0 Å². The van der Waals surface area contributed by atoms with Gasteiger partial charge in [0.2, 0.25) is 0 Å². The van der Waals surface area contributed by atoms with E-state index in [-0.39, 0.29) is 5.75 Å². The third-order valence-electron chi connectivity index (χ3n) is 3.72. The number of hydrogen-bond acceptors (Lipinski definition) is 4. The van der Waals surface area contributed by atoms with Crippen molar-refractivity contribution < 1.29 is 13.5 Å². The molecule has 1 aliphatic carbocycles. The first-order chi connectivity index (χ1) is 8.93. The van der Waals surface area contributed by atoms with Crippen LogP contribution in [0.4, 0.5) is 0 Å². The Bertz CT molecular complexity index is 638. The molecule has 0 radical (unpaired) electrons. The first-order valence-corrected chi connectivity index (χ1v) is 8.01. The smallest absolute Gasteiger partial charge is 0.155 e. The molecular weight excluding hydrogens is 286 g/mol. The lowest BCUT2D eigenvalue weighted by Gasteiger charge is -2.03. The maximum atomic E-state index is 12.1. The van der Waals surface area contributed by atoms with Gasteiger partial charge in [0.1, 0.15) is 5.41 Å². The van der Waals surface area contributed by atoms with Crippen LogP contribution in [0.15, 0.2) is 24.3 Å². The van der Waals surface area contributed by atoms with Crippen molar-refractivity contribution >= 4 is 21.4 Å². The molecule has 102 valence electrons. The third kappa shape index (κ3) is 2.14. The van der Waals surface area contributed by atoms with Crippen molar-refractivity contribution in [3.63, 3.8) is 0 Å². The monoisotopic (exact) mass is 299 g/mol. The highest BCUT2D eigenvalue weighted by molar-refractivity contribution is 7.92. The summed E-state index contributed by atoms with van der Waals surface area (Å²) in [6.45, 7) is 1.08. The topological polar surface area (TPSA) is 78.2 Å². The third-order valence-corrected chi connectivity index (χ3v) is 6.23. The summed E-state index contributed by atoms with van der Waals surface area (Å²) in [6, 6.07) is 8.78. The van der Waals surface area contributed by atoms with Crippen LogP contribution in [-0.4, -0.2) is 31.1 Å². The first kappa shape index (κ1) is 14.3. The van der Waals surface area contributed by atoms with Gasteiger partial charge in [-0.25, -0.2) is 8.42 Å². The predicted molar refractivity (Wildman–Crippen MR) is 72.6 cm³/mol. The maximum Gasteiger partial charge on any atom is 0.155 e. The number of sulfone groups is 1. The molecule has 0 unspecified atom stereocenters. The average molecular weight is 300 g/mol. The van der Waals surface area contributed by atoms with Crippen molar-refractivity contribution in [1.29, 1.82) is 5.26 Å². The number of aliphatic hydroxyl groups excluding tert-OH is 1. The Hall–Kier alpha value is -1.09. The summed E-state index contributed by atoms with van der Waals surface area (Å²) < 4.78 is 24.1. The summed E-state index contributed by atoms with van der Waals surface area (Å²) in [4.78, 5) is 0. The van der Waals surface area contributed by atoms with Gasteiger partial charge in [-0.15, -0.1) is 0 Å². The lowest BCUT2D eigenvalue weighted by molar-refractivity contribution is 0.242. The molecule has 0 aromatic heterocycles. The van der Waals surface area contributed by atoms with Crippen LogP contribution in [0.5, 0.6) is 0 Å². The van der Waals surface area contributed by atoms with Gasteiger partial charge in [-0.3, -0.25) is 0 Å². The Kier molecular flexibility index (Phi) is 3.61. The highest BCUT2D eigenvalue weighted by Gasteiger charge is 2.71. The molecule has 0 bridgehead atoms. The Labute approximate surface area is 117 Å². The molecule has 6 heteroatoms. The minimum absolute atomic E-state index is 0.0435. The highest BCUT2D eigenvalue weighted by atomic mass is 35.5. The van der Waals surface area contributed by atoms with Crippen molar-refractivity contribution in [2.45, 2.75) is 18.1 Å². The van der Waals surface area contributed by atoms with E-state index in [1.807, 2.05) is 6.07 Å². The molecule has 0 heterocycles. The van der Waals surface area contributed by atoms with Gasteiger partial charge in [0.05, 0.1) is 17.9 Å². The van der Waals surface area contributed by atoms with Crippen molar-refractivity contribution in [2.75, 3.05) is 12.4 Å². The van der Waals surface area contributed by atoms with Gasteiger partial charge in [0.15, 0.2) is 9.84 Å². The van der Waals surface area contributed by atoms with E-state index in [1.165, 1.54) is 0 Å². The second-order valence-corrected chi connectivity index (χ2v) is 7.56. The molecule has 0 saturated heterocycles. The van der Waals surface area contributed by atoms with E-state index in [2.05, 4.69) is 0 Å². The second-order valence-electron chi connectivity index (χ2n) is 4.72. The molecule has 1 N–H and O–H groups in total. The van der Waals surface area contributed by atoms with Crippen LogP contribution >= 0.6 is 11.6 Å². The van der Waals surface area contributed by atoms with Crippen molar-refractivity contribution in [3.05, 3.63) is 34.9 Å². The molecule has 2 rings (SSSR count). The van der Waals surface area contributed by atoms with Crippen molar-refractivity contribution in [2.24, 2.45) is 5.41 Å². The number of nitriles is 1. The summed E-state index contributed by atoms with van der Waals surface area (Å²) in [5, 5.41) is 18.4. The zero-order valence-corrected chi connectivity index (χ0v) is 11.9. The molecule has 0 spiro atoms. The Morgan fingerprint density at radius 1 is 1.53 bits per heavy atom. The lowest BCUT2D eigenvalue weighted by atomic mass is 10.0.